The van der Waals surface area contributed by atoms with Crippen molar-refractivity contribution in [3.8, 4) is 0 Å². The van der Waals surface area contributed by atoms with Gasteiger partial charge in [-0.05, 0) is 0 Å². The molecule has 0 aliphatic heterocycles. The fourth-order valence-corrected chi connectivity index (χ4v) is 1.49. The van der Waals surface area contributed by atoms with Crippen molar-refractivity contribution >= 4 is 23.0 Å². The predicted molar refractivity (Wildman–Crippen MR) is 76.6 cm³/mol. The fourth-order valence-electron chi connectivity index (χ4n) is 1.49. The van der Waals surface area contributed by atoms with E-state index in [1.165, 1.54) is 10.9 Å². The second-order valence-corrected chi connectivity index (χ2v) is 3.90. The number of hydrogen-bond acceptors (Lipinski definition) is 7. The van der Waals surface area contributed by atoms with Crippen molar-refractivity contribution in [2.24, 2.45) is 14.1 Å². The molecule has 0 aromatic carbocycles. The Morgan fingerprint density at radius 3 is 1.95 bits per heavy atom. The highest BCUT2D eigenvalue weighted by atomic mass is 16.6. The van der Waals surface area contributed by atoms with Gasteiger partial charge in [-0.25, -0.2) is 0 Å². The van der Waals surface area contributed by atoms with Crippen LogP contribution in [-0.4, -0.2) is 38.6 Å². The zero-order chi connectivity index (χ0) is 15.3. The number of nitrogens with zero attached hydrogens (tertiary/aromatic N) is 5. The van der Waals surface area contributed by atoms with Gasteiger partial charge in [0.15, 0.2) is 5.82 Å². The maximum absolute atomic E-state index is 10.3. The molecule has 0 fully saturated rings. The predicted octanol–water partition coefficient (Wildman–Crippen LogP) is 0.414. The van der Waals surface area contributed by atoms with Crippen LogP contribution in [0.3, 0.4) is 0 Å². The van der Waals surface area contributed by atoms with Crippen LogP contribution < -0.4 is 16.4 Å². The molecular weight excluding hydrogens is 264 g/mol. The minimum Gasteiger partial charge on any atom is -0.394 e. The third-order valence-corrected chi connectivity index (χ3v) is 2.34. The van der Waals surface area contributed by atoms with Gasteiger partial charge in [0.1, 0.15) is 6.20 Å². The van der Waals surface area contributed by atoms with Crippen LogP contribution in [0.5, 0.6) is 0 Å². The molecule has 0 radical (unpaired) electrons. The summed E-state index contributed by atoms with van der Waals surface area (Å²) < 4.78 is 3.06. The minimum absolute atomic E-state index is 0.00463. The van der Waals surface area contributed by atoms with Gasteiger partial charge in [0.2, 0.25) is 5.82 Å². The highest BCUT2D eigenvalue weighted by molar-refractivity contribution is 5.59. The summed E-state index contributed by atoms with van der Waals surface area (Å²) in [5.74, 6) is 1.02. The molecule has 10 heteroatoms. The molecule has 4 N–H and O–H groups in total. The molecule has 110 valence electrons. The third kappa shape index (κ3) is 3.60. The molecule has 0 unspecified atom stereocenters. The lowest BCUT2D eigenvalue weighted by atomic mass is 10.5. The number of aromatic nitrogens is 4. The molecule has 2 heterocycles. The molecule has 0 atom stereocenters. The van der Waals surface area contributed by atoms with E-state index in [0.29, 0.717) is 5.69 Å². The van der Waals surface area contributed by atoms with Gasteiger partial charge in [0.05, 0.1) is 10.6 Å². The number of aryl methyl sites for hydroxylation is 2. The molecule has 0 aliphatic rings. The topological polar surface area (TPSA) is 129 Å². The van der Waals surface area contributed by atoms with Crippen molar-refractivity contribution in [3.05, 3.63) is 22.5 Å². The van der Waals surface area contributed by atoms with Gasteiger partial charge in [-0.15, -0.1) is 5.10 Å². The van der Waals surface area contributed by atoms with E-state index in [4.69, 9.17) is 5.73 Å². The maximum Gasteiger partial charge on any atom is 0.330 e. The average Bonchev–Trinajstić information content (AvgIpc) is 2.92. The zero-order valence-corrected chi connectivity index (χ0v) is 11.8. The lowest BCUT2D eigenvalue weighted by Crippen LogP contribution is -1.94. The monoisotopic (exact) mass is 282 g/mol. The number of rotatable bonds is 3. The molecule has 2 rings (SSSR count). The summed E-state index contributed by atoms with van der Waals surface area (Å²) in [5.41, 5.74) is 6.18. The molecule has 10 nitrogen and oxygen atoms in total. The summed E-state index contributed by atoms with van der Waals surface area (Å²) in [5, 5.41) is 23.6. The molecule has 2 aromatic rings. The Bertz CT molecular complexity index is 588. The molecule has 0 spiro atoms. The van der Waals surface area contributed by atoms with Gasteiger partial charge in [0.25, 0.3) is 0 Å². The van der Waals surface area contributed by atoms with Gasteiger partial charge in [-0.3, -0.25) is 19.5 Å². The van der Waals surface area contributed by atoms with Crippen LogP contribution in [0.1, 0.15) is 0 Å². The van der Waals surface area contributed by atoms with Crippen LogP contribution in [0.2, 0.25) is 0 Å². The Kier molecular flexibility index (Phi) is 4.89. The second-order valence-electron chi connectivity index (χ2n) is 3.90. The summed E-state index contributed by atoms with van der Waals surface area (Å²) in [7, 11) is 6.85. The zero-order valence-electron chi connectivity index (χ0n) is 11.8. The summed E-state index contributed by atoms with van der Waals surface area (Å²) in [6, 6.07) is 0. The first-order chi connectivity index (χ1) is 9.38. The normalized spacial score (nSPS) is 9.60. The summed E-state index contributed by atoms with van der Waals surface area (Å²) in [6.07, 6.45) is 3.11. The molecule has 0 saturated carbocycles. The minimum atomic E-state index is -0.473. The summed E-state index contributed by atoms with van der Waals surface area (Å²) in [6.45, 7) is 0. The van der Waals surface area contributed by atoms with Crippen molar-refractivity contribution in [1.29, 1.82) is 0 Å². The number of anilines is 3. The van der Waals surface area contributed by atoms with Crippen molar-refractivity contribution in [2.45, 2.75) is 0 Å². The van der Waals surface area contributed by atoms with Crippen molar-refractivity contribution < 1.29 is 4.92 Å². The van der Waals surface area contributed by atoms with Gasteiger partial charge in [-0.1, -0.05) is 0 Å². The number of hydrogen-bond donors (Lipinski definition) is 3. The summed E-state index contributed by atoms with van der Waals surface area (Å²) >= 11 is 0. The first-order valence-electron chi connectivity index (χ1n) is 5.71. The highest BCUT2D eigenvalue weighted by Gasteiger charge is 2.16. The smallest absolute Gasteiger partial charge is 0.330 e. The van der Waals surface area contributed by atoms with E-state index in [0.717, 1.165) is 5.82 Å². The van der Waals surface area contributed by atoms with E-state index in [-0.39, 0.29) is 11.5 Å². The van der Waals surface area contributed by atoms with Crippen molar-refractivity contribution in [3.63, 3.8) is 0 Å². The number of nitrogens with two attached hydrogens (primary N) is 1. The first-order valence-corrected chi connectivity index (χ1v) is 5.71. The molecule has 0 saturated heterocycles. The molecular formula is C10H18N8O2. The Morgan fingerprint density at radius 2 is 1.65 bits per heavy atom. The standard InChI is InChI=1S/C5H8N4O2.C5H10N4/c1-6-5-4(9(10)11)3-8(2)7-5;1-7-5-4(6)3-9(2)8-5/h3H,1-2H3,(H,6,7);3H,6H2,1-2H3,(H,7,8). The lowest BCUT2D eigenvalue weighted by Gasteiger charge is -1.90. The van der Waals surface area contributed by atoms with Crippen molar-refractivity contribution in [1.82, 2.24) is 19.6 Å². The molecule has 20 heavy (non-hydrogen) atoms. The summed E-state index contributed by atoms with van der Waals surface area (Å²) in [4.78, 5) is 9.83. The van der Waals surface area contributed by atoms with E-state index in [9.17, 15) is 10.1 Å². The third-order valence-electron chi connectivity index (χ3n) is 2.34. The van der Waals surface area contributed by atoms with E-state index < -0.39 is 4.92 Å². The van der Waals surface area contributed by atoms with Crippen LogP contribution in [0.25, 0.3) is 0 Å². The lowest BCUT2D eigenvalue weighted by molar-refractivity contribution is -0.384. The maximum atomic E-state index is 10.3. The van der Waals surface area contributed by atoms with E-state index in [1.54, 1.807) is 32.0 Å². The molecule has 2 aromatic heterocycles. The second kappa shape index (κ2) is 6.41. The Labute approximate surface area is 115 Å². The molecule has 0 amide bonds. The SMILES string of the molecule is CNc1nn(C)cc1N.CNc1nn(C)cc1[N+](=O)[O-]. The number of nitro groups is 1. The van der Waals surface area contributed by atoms with Crippen LogP contribution in [0.15, 0.2) is 12.4 Å². The Morgan fingerprint density at radius 1 is 1.15 bits per heavy atom. The van der Waals surface area contributed by atoms with Crippen LogP contribution in [0, 0.1) is 10.1 Å². The Balaban J connectivity index is 0.000000204. The van der Waals surface area contributed by atoms with Gasteiger partial charge in [0, 0.05) is 34.4 Å². The number of nitrogen functional groups attached to an aromatic ring is 1. The van der Waals surface area contributed by atoms with Crippen molar-refractivity contribution in [2.75, 3.05) is 30.5 Å². The van der Waals surface area contributed by atoms with E-state index >= 15 is 0 Å². The Hall–Kier alpha value is -2.78. The van der Waals surface area contributed by atoms with Gasteiger partial charge < -0.3 is 16.4 Å². The number of nitrogens with one attached hydrogen (secondary N) is 2. The largest absolute Gasteiger partial charge is 0.394 e. The first kappa shape index (κ1) is 15.3. The van der Waals surface area contributed by atoms with Crippen LogP contribution >= 0.6 is 0 Å². The molecule has 0 aliphatic carbocycles. The van der Waals surface area contributed by atoms with E-state index in [1.807, 2.05) is 7.05 Å². The van der Waals surface area contributed by atoms with Crippen LogP contribution in [0.4, 0.5) is 23.0 Å². The quantitative estimate of drug-likeness (QED) is 0.549. The van der Waals surface area contributed by atoms with Crippen LogP contribution in [-0.2, 0) is 14.1 Å². The fraction of sp³-hybridized carbons (Fsp3) is 0.400. The van der Waals surface area contributed by atoms with Gasteiger partial charge >= 0.3 is 5.69 Å². The molecule has 0 bridgehead atoms. The average molecular weight is 282 g/mol. The highest BCUT2D eigenvalue weighted by Crippen LogP contribution is 2.20. The van der Waals surface area contributed by atoms with E-state index in [2.05, 4.69) is 20.8 Å². The van der Waals surface area contributed by atoms with Gasteiger partial charge in [-0.2, -0.15) is 5.10 Å².